The third-order valence-corrected chi connectivity index (χ3v) is 2.92. The number of nitrogens with one attached hydrogen (secondary N) is 1. The van der Waals surface area contributed by atoms with Gasteiger partial charge in [-0.15, -0.1) is 10.2 Å². The van der Waals surface area contributed by atoms with E-state index in [4.69, 9.17) is 4.42 Å². The summed E-state index contributed by atoms with van der Waals surface area (Å²) in [7, 11) is -0.568. The van der Waals surface area contributed by atoms with Crippen molar-refractivity contribution in [1.29, 1.82) is 0 Å². The molecule has 0 fully saturated rings. The zero-order chi connectivity index (χ0) is 10.8. The van der Waals surface area contributed by atoms with Crippen LogP contribution in [0.2, 0.25) is 0 Å². The average molecular weight is 220 g/mol. The molecule has 0 saturated carbocycles. The molecule has 0 amide bonds. The lowest BCUT2D eigenvalue weighted by Crippen LogP contribution is -2.35. The number of aryl methyl sites for hydroxylation is 1. The minimum Gasteiger partial charge on any atom is -0.424 e. The minimum atomic E-state index is -3.43. The summed E-state index contributed by atoms with van der Waals surface area (Å²) in [5.74, 6) is 0.650. The van der Waals surface area contributed by atoms with Gasteiger partial charge in [-0.1, -0.05) is 0 Å². The summed E-state index contributed by atoms with van der Waals surface area (Å²) in [5.41, 5.74) is 0. The molecule has 0 atom stereocenters. The van der Waals surface area contributed by atoms with Crippen LogP contribution >= 0.6 is 0 Å². The molecule has 0 aliphatic heterocycles. The fraction of sp³-hybridized carbons (Fsp3) is 0.667. The molecule has 0 spiro atoms. The molecular weight excluding hydrogens is 208 g/mol. The first-order chi connectivity index (χ1) is 6.42. The highest BCUT2D eigenvalue weighted by molar-refractivity contribution is 7.87. The van der Waals surface area contributed by atoms with E-state index in [1.54, 1.807) is 6.92 Å². The Morgan fingerprint density at radius 2 is 2.07 bits per heavy atom. The third-order valence-electron chi connectivity index (χ3n) is 1.45. The van der Waals surface area contributed by atoms with Gasteiger partial charge in [0.25, 0.3) is 10.2 Å². The first kappa shape index (κ1) is 11.1. The van der Waals surface area contributed by atoms with E-state index in [1.807, 2.05) is 0 Å². The van der Waals surface area contributed by atoms with Gasteiger partial charge in [0.2, 0.25) is 11.8 Å². The maximum absolute atomic E-state index is 11.2. The molecule has 1 rings (SSSR count). The minimum absolute atomic E-state index is 0.00134. The van der Waals surface area contributed by atoms with Gasteiger partial charge in [-0.25, -0.2) is 0 Å². The molecule has 80 valence electrons. The number of rotatable bonds is 4. The van der Waals surface area contributed by atoms with Crippen LogP contribution in [0.5, 0.6) is 0 Å². The lowest BCUT2D eigenvalue weighted by atomic mass is 10.7. The summed E-state index contributed by atoms with van der Waals surface area (Å²) in [5, 5.41) is 7.21. The van der Waals surface area contributed by atoms with Crippen molar-refractivity contribution < 1.29 is 12.8 Å². The van der Waals surface area contributed by atoms with Crippen molar-refractivity contribution in [3.63, 3.8) is 0 Å². The van der Waals surface area contributed by atoms with Gasteiger partial charge in [-0.3, -0.25) is 0 Å². The maximum Gasteiger partial charge on any atom is 0.279 e. The van der Waals surface area contributed by atoms with E-state index < -0.39 is 10.2 Å². The second kappa shape index (κ2) is 4.03. The van der Waals surface area contributed by atoms with Gasteiger partial charge < -0.3 is 4.42 Å². The van der Waals surface area contributed by atoms with Crippen molar-refractivity contribution >= 4 is 10.2 Å². The molecule has 1 N–H and O–H groups in total. The van der Waals surface area contributed by atoms with Crippen LogP contribution in [0.15, 0.2) is 4.42 Å². The van der Waals surface area contributed by atoms with Gasteiger partial charge in [0.1, 0.15) is 0 Å². The van der Waals surface area contributed by atoms with Crippen LogP contribution in [0.4, 0.5) is 0 Å². The molecule has 0 bridgehead atoms. The normalized spacial score (nSPS) is 12.3. The number of aromatic nitrogens is 2. The summed E-state index contributed by atoms with van der Waals surface area (Å²) in [6.45, 7) is 1.64. The number of nitrogens with zero attached hydrogens (tertiary/aromatic N) is 3. The maximum atomic E-state index is 11.2. The van der Waals surface area contributed by atoms with Gasteiger partial charge in [0, 0.05) is 21.0 Å². The molecule has 0 aromatic carbocycles. The number of hydrogen-bond donors (Lipinski definition) is 1. The molecule has 1 heterocycles. The van der Waals surface area contributed by atoms with Crippen LogP contribution in [0.3, 0.4) is 0 Å². The Balaban J connectivity index is 2.57. The quantitative estimate of drug-likeness (QED) is 0.723. The lowest BCUT2D eigenvalue weighted by Gasteiger charge is -2.10. The summed E-state index contributed by atoms with van der Waals surface area (Å²) < 4.78 is 30.8. The first-order valence-corrected chi connectivity index (χ1v) is 5.32. The Bertz CT molecular complexity index is 397. The Kier molecular flexibility index (Phi) is 3.19. The fourth-order valence-corrected chi connectivity index (χ4v) is 1.26. The van der Waals surface area contributed by atoms with E-state index in [0.717, 1.165) is 4.31 Å². The fourth-order valence-electron chi connectivity index (χ4n) is 0.691. The van der Waals surface area contributed by atoms with Crippen LogP contribution in [0.25, 0.3) is 0 Å². The Morgan fingerprint density at radius 3 is 2.50 bits per heavy atom. The Morgan fingerprint density at radius 1 is 1.43 bits per heavy atom. The van der Waals surface area contributed by atoms with Gasteiger partial charge in [0.15, 0.2) is 0 Å². The molecule has 0 radical (unpaired) electrons. The second-order valence-corrected chi connectivity index (χ2v) is 4.79. The van der Waals surface area contributed by atoms with Crippen LogP contribution in [0, 0.1) is 6.92 Å². The van der Waals surface area contributed by atoms with Crippen molar-refractivity contribution in [3.8, 4) is 0 Å². The highest BCUT2D eigenvalue weighted by Crippen LogP contribution is 1.98. The van der Waals surface area contributed by atoms with Crippen LogP contribution < -0.4 is 4.72 Å². The molecule has 0 unspecified atom stereocenters. The van der Waals surface area contributed by atoms with Crippen molar-refractivity contribution in [2.24, 2.45) is 0 Å². The molecule has 1 aromatic heterocycles. The predicted molar refractivity (Wildman–Crippen MR) is 48.5 cm³/mol. The van der Waals surface area contributed by atoms with E-state index in [9.17, 15) is 8.42 Å². The van der Waals surface area contributed by atoms with Gasteiger partial charge >= 0.3 is 0 Å². The highest BCUT2D eigenvalue weighted by atomic mass is 32.2. The zero-order valence-electron chi connectivity index (χ0n) is 8.18. The highest BCUT2D eigenvalue weighted by Gasteiger charge is 2.13. The Hall–Kier alpha value is -0.990. The van der Waals surface area contributed by atoms with E-state index in [1.165, 1.54) is 14.1 Å². The molecule has 0 saturated heterocycles. The molecule has 0 aliphatic rings. The molecule has 1 aromatic rings. The van der Waals surface area contributed by atoms with Crippen LogP contribution in [-0.2, 0) is 16.8 Å². The van der Waals surface area contributed by atoms with Gasteiger partial charge in [-0.2, -0.15) is 17.4 Å². The van der Waals surface area contributed by atoms with Crippen LogP contribution in [0.1, 0.15) is 11.8 Å². The Labute approximate surface area is 82.3 Å². The number of hydrogen-bond acceptors (Lipinski definition) is 5. The summed E-state index contributed by atoms with van der Waals surface area (Å²) >= 11 is 0. The topological polar surface area (TPSA) is 88.3 Å². The zero-order valence-corrected chi connectivity index (χ0v) is 9.00. The summed E-state index contributed by atoms with van der Waals surface area (Å²) in [4.78, 5) is 0. The van der Waals surface area contributed by atoms with Crippen molar-refractivity contribution in [3.05, 3.63) is 11.8 Å². The molecule has 14 heavy (non-hydrogen) atoms. The van der Waals surface area contributed by atoms with Crippen molar-refractivity contribution in [1.82, 2.24) is 19.2 Å². The predicted octanol–water partition coefficient (Wildman–Crippen LogP) is -0.726. The lowest BCUT2D eigenvalue weighted by molar-refractivity contribution is 0.451. The molecule has 8 heteroatoms. The van der Waals surface area contributed by atoms with E-state index in [-0.39, 0.29) is 12.4 Å². The van der Waals surface area contributed by atoms with Gasteiger partial charge in [-0.05, 0) is 0 Å². The van der Waals surface area contributed by atoms with E-state index >= 15 is 0 Å². The smallest absolute Gasteiger partial charge is 0.279 e. The average Bonchev–Trinajstić information content (AvgIpc) is 2.48. The first-order valence-electron chi connectivity index (χ1n) is 3.88. The summed E-state index contributed by atoms with van der Waals surface area (Å²) in [6.07, 6.45) is 0. The monoisotopic (exact) mass is 220 g/mol. The second-order valence-electron chi connectivity index (χ2n) is 2.82. The largest absolute Gasteiger partial charge is 0.424 e. The van der Waals surface area contributed by atoms with Gasteiger partial charge in [0.05, 0.1) is 6.54 Å². The van der Waals surface area contributed by atoms with Crippen molar-refractivity contribution in [2.45, 2.75) is 13.5 Å². The SMILES string of the molecule is Cc1nnc(CNS(=O)(=O)N(C)C)o1. The third kappa shape index (κ3) is 2.76. The van der Waals surface area contributed by atoms with Crippen molar-refractivity contribution in [2.75, 3.05) is 14.1 Å². The van der Waals surface area contributed by atoms with E-state index in [0.29, 0.717) is 5.89 Å². The van der Waals surface area contributed by atoms with Crippen LogP contribution in [-0.4, -0.2) is 37.0 Å². The molecule has 0 aliphatic carbocycles. The molecular formula is C6H12N4O3S. The molecule has 7 nitrogen and oxygen atoms in total. The standard InChI is InChI=1S/C6H12N4O3S/c1-5-8-9-6(13-5)4-7-14(11,12)10(2)3/h7H,4H2,1-3H3. The van der Waals surface area contributed by atoms with E-state index in [2.05, 4.69) is 14.9 Å². The summed E-state index contributed by atoms with van der Waals surface area (Å²) in [6, 6.07) is 0.